The number of hydrogen-bond donors (Lipinski definition) is 1. The van der Waals surface area contributed by atoms with Crippen molar-refractivity contribution in [3.63, 3.8) is 0 Å². The van der Waals surface area contributed by atoms with E-state index in [0.717, 1.165) is 56.9 Å². The summed E-state index contributed by atoms with van der Waals surface area (Å²) in [6.07, 6.45) is 2.75. The summed E-state index contributed by atoms with van der Waals surface area (Å²) in [6, 6.07) is 11.2. The number of benzene rings is 1. The predicted molar refractivity (Wildman–Crippen MR) is 107 cm³/mol. The van der Waals surface area contributed by atoms with Crippen molar-refractivity contribution in [1.82, 2.24) is 9.80 Å². The molecule has 2 aliphatic rings. The van der Waals surface area contributed by atoms with Crippen LogP contribution in [-0.4, -0.2) is 47.9 Å². The van der Waals surface area contributed by atoms with Gasteiger partial charge in [-0.2, -0.15) is 0 Å². The SMILES string of the molecule is NC1CCC(C(=O)N2CCN(Cc3ccc(-c4ccccc4F)s3)CC2)C1. The maximum absolute atomic E-state index is 14.0. The van der Waals surface area contributed by atoms with Gasteiger partial charge in [0.1, 0.15) is 5.82 Å². The molecule has 2 fully saturated rings. The average molecular weight is 388 g/mol. The lowest BCUT2D eigenvalue weighted by Crippen LogP contribution is -2.49. The second-order valence-electron chi connectivity index (χ2n) is 7.62. The van der Waals surface area contributed by atoms with E-state index in [1.165, 1.54) is 10.9 Å². The Morgan fingerprint density at radius 3 is 2.59 bits per heavy atom. The van der Waals surface area contributed by atoms with Crippen molar-refractivity contribution >= 4 is 17.2 Å². The van der Waals surface area contributed by atoms with Gasteiger partial charge in [-0.05, 0) is 37.5 Å². The summed E-state index contributed by atoms with van der Waals surface area (Å²) in [6.45, 7) is 4.20. The third kappa shape index (κ3) is 4.23. The topological polar surface area (TPSA) is 49.6 Å². The van der Waals surface area contributed by atoms with Gasteiger partial charge < -0.3 is 10.6 Å². The molecule has 2 N–H and O–H groups in total. The fourth-order valence-electron chi connectivity index (χ4n) is 4.11. The van der Waals surface area contributed by atoms with Crippen molar-refractivity contribution in [2.45, 2.75) is 31.8 Å². The predicted octanol–water partition coefficient (Wildman–Crippen LogP) is 3.33. The maximum Gasteiger partial charge on any atom is 0.225 e. The molecule has 144 valence electrons. The Labute approximate surface area is 163 Å². The lowest BCUT2D eigenvalue weighted by Gasteiger charge is -2.35. The molecule has 1 aliphatic heterocycles. The molecule has 0 bridgehead atoms. The molecule has 6 heteroatoms. The highest BCUT2D eigenvalue weighted by Gasteiger charge is 2.32. The standard InChI is InChI=1S/C21H26FN3OS/c22-19-4-2-1-3-18(19)20-8-7-17(27-20)14-24-9-11-25(12-10-24)21(26)15-5-6-16(23)13-15/h1-4,7-8,15-16H,5-6,9-14,23H2. The van der Waals surface area contributed by atoms with Gasteiger partial charge in [-0.1, -0.05) is 18.2 Å². The van der Waals surface area contributed by atoms with Crippen LogP contribution in [0.3, 0.4) is 0 Å². The lowest BCUT2D eigenvalue weighted by molar-refractivity contribution is -0.137. The van der Waals surface area contributed by atoms with Crippen molar-refractivity contribution in [1.29, 1.82) is 0 Å². The van der Waals surface area contributed by atoms with Crippen LogP contribution < -0.4 is 5.73 Å². The minimum atomic E-state index is -0.176. The minimum absolute atomic E-state index is 0.132. The number of piperazine rings is 1. The molecule has 4 nitrogen and oxygen atoms in total. The van der Waals surface area contributed by atoms with Crippen LogP contribution in [0.15, 0.2) is 36.4 Å². The molecule has 1 saturated carbocycles. The fourth-order valence-corrected chi connectivity index (χ4v) is 5.19. The molecule has 1 amide bonds. The summed E-state index contributed by atoms with van der Waals surface area (Å²) in [5, 5.41) is 0. The summed E-state index contributed by atoms with van der Waals surface area (Å²) >= 11 is 1.65. The summed E-state index contributed by atoms with van der Waals surface area (Å²) in [7, 11) is 0. The van der Waals surface area contributed by atoms with Gasteiger partial charge in [0.15, 0.2) is 0 Å². The lowest BCUT2D eigenvalue weighted by atomic mass is 10.1. The molecule has 0 spiro atoms. The molecule has 2 heterocycles. The van der Waals surface area contributed by atoms with Gasteiger partial charge in [0.25, 0.3) is 0 Å². The van der Waals surface area contributed by atoms with Crippen LogP contribution >= 0.6 is 11.3 Å². The van der Waals surface area contributed by atoms with Gasteiger partial charge in [0.2, 0.25) is 5.91 Å². The van der Waals surface area contributed by atoms with Gasteiger partial charge >= 0.3 is 0 Å². The Kier molecular flexibility index (Phi) is 5.57. The van der Waals surface area contributed by atoms with Gasteiger partial charge in [-0.3, -0.25) is 9.69 Å². The van der Waals surface area contributed by atoms with E-state index in [1.54, 1.807) is 17.4 Å². The average Bonchev–Trinajstić information content (AvgIpc) is 3.31. The summed E-state index contributed by atoms with van der Waals surface area (Å²) < 4.78 is 14.0. The zero-order valence-electron chi connectivity index (χ0n) is 15.4. The Morgan fingerprint density at radius 2 is 1.89 bits per heavy atom. The van der Waals surface area contributed by atoms with Crippen molar-refractivity contribution in [3.8, 4) is 10.4 Å². The van der Waals surface area contributed by atoms with E-state index >= 15 is 0 Å². The molecule has 1 saturated heterocycles. The van der Waals surface area contributed by atoms with E-state index in [4.69, 9.17) is 5.73 Å². The van der Waals surface area contributed by atoms with Crippen molar-refractivity contribution in [3.05, 3.63) is 47.1 Å². The maximum atomic E-state index is 14.0. The van der Waals surface area contributed by atoms with E-state index < -0.39 is 0 Å². The normalized spacial score (nSPS) is 23.7. The first-order valence-corrected chi connectivity index (χ1v) is 10.5. The van der Waals surface area contributed by atoms with Gasteiger partial charge in [0.05, 0.1) is 0 Å². The number of hydrogen-bond acceptors (Lipinski definition) is 4. The van der Waals surface area contributed by atoms with Gasteiger partial charge in [-0.15, -0.1) is 11.3 Å². The quantitative estimate of drug-likeness (QED) is 0.876. The van der Waals surface area contributed by atoms with E-state index in [2.05, 4.69) is 11.0 Å². The molecule has 27 heavy (non-hydrogen) atoms. The monoisotopic (exact) mass is 387 g/mol. The molecule has 1 aromatic heterocycles. The second-order valence-corrected chi connectivity index (χ2v) is 8.79. The largest absolute Gasteiger partial charge is 0.340 e. The fraction of sp³-hybridized carbons (Fsp3) is 0.476. The Hall–Kier alpha value is -1.76. The van der Waals surface area contributed by atoms with Gasteiger partial charge in [-0.25, -0.2) is 4.39 Å². The third-order valence-electron chi connectivity index (χ3n) is 5.69. The van der Waals surface area contributed by atoms with Crippen LogP contribution in [0.25, 0.3) is 10.4 Å². The number of carbonyl (C=O) groups excluding carboxylic acids is 1. The number of nitrogens with zero attached hydrogens (tertiary/aromatic N) is 2. The molecular weight excluding hydrogens is 361 g/mol. The zero-order valence-corrected chi connectivity index (χ0v) is 16.3. The zero-order chi connectivity index (χ0) is 18.8. The van der Waals surface area contributed by atoms with E-state index in [-0.39, 0.29) is 17.8 Å². The molecule has 2 unspecified atom stereocenters. The molecule has 1 aromatic carbocycles. The third-order valence-corrected chi connectivity index (χ3v) is 6.79. The minimum Gasteiger partial charge on any atom is -0.340 e. The molecule has 2 aromatic rings. The van der Waals surface area contributed by atoms with Crippen LogP contribution in [0.4, 0.5) is 4.39 Å². The Morgan fingerprint density at radius 1 is 1.11 bits per heavy atom. The first-order chi connectivity index (χ1) is 13.1. The van der Waals surface area contributed by atoms with Gasteiger partial charge in [0, 0.05) is 60.0 Å². The van der Waals surface area contributed by atoms with Crippen LogP contribution in [-0.2, 0) is 11.3 Å². The number of carbonyl (C=O) groups is 1. The van der Waals surface area contributed by atoms with Crippen LogP contribution in [0.2, 0.25) is 0 Å². The Balaban J connectivity index is 1.31. The highest BCUT2D eigenvalue weighted by Crippen LogP contribution is 2.31. The van der Waals surface area contributed by atoms with Crippen molar-refractivity contribution < 1.29 is 9.18 Å². The van der Waals surface area contributed by atoms with Crippen molar-refractivity contribution in [2.75, 3.05) is 26.2 Å². The van der Waals surface area contributed by atoms with E-state index in [0.29, 0.717) is 11.5 Å². The number of rotatable bonds is 4. The van der Waals surface area contributed by atoms with E-state index in [9.17, 15) is 9.18 Å². The number of amides is 1. The number of thiophene rings is 1. The highest BCUT2D eigenvalue weighted by atomic mass is 32.1. The molecule has 1 aliphatic carbocycles. The summed E-state index contributed by atoms with van der Waals surface area (Å²) in [5.41, 5.74) is 6.62. The molecular formula is C21H26FN3OS. The highest BCUT2D eigenvalue weighted by molar-refractivity contribution is 7.15. The van der Waals surface area contributed by atoms with Crippen LogP contribution in [0.5, 0.6) is 0 Å². The first-order valence-electron chi connectivity index (χ1n) is 9.70. The number of halogens is 1. The summed E-state index contributed by atoms with van der Waals surface area (Å²) in [4.78, 5) is 19.2. The Bertz CT molecular complexity index is 800. The van der Waals surface area contributed by atoms with Crippen molar-refractivity contribution in [2.24, 2.45) is 11.7 Å². The smallest absolute Gasteiger partial charge is 0.225 e. The first kappa shape index (κ1) is 18.6. The van der Waals surface area contributed by atoms with E-state index in [1.807, 2.05) is 23.1 Å². The summed E-state index contributed by atoms with van der Waals surface area (Å²) in [5.74, 6) is 0.248. The molecule has 2 atom stereocenters. The van der Waals surface area contributed by atoms with Crippen LogP contribution in [0, 0.1) is 11.7 Å². The molecule has 4 rings (SSSR count). The molecule has 0 radical (unpaired) electrons. The second kappa shape index (κ2) is 8.09. The number of nitrogens with two attached hydrogens (primary N) is 1. The van der Waals surface area contributed by atoms with Crippen LogP contribution in [0.1, 0.15) is 24.1 Å².